The number of carbonyl (C=O) groups is 3. The van der Waals surface area contributed by atoms with Gasteiger partial charge in [0.15, 0.2) is 0 Å². The molecule has 3 N–H and O–H groups in total. The highest BCUT2D eigenvalue weighted by molar-refractivity contribution is 6.24. The third kappa shape index (κ3) is 5.68. The Hall–Kier alpha value is -5.16. The van der Waals surface area contributed by atoms with Gasteiger partial charge in [0.2, 0.25) is 5.91 Å². The summed E-state index contributed by atoms with van der Waals surface area (Å²) in [5.74, 6) is -1.67. The van der Waals surface area contributed by atoms with Crippen LogP contribution in [0.15, 0.2) is 77.4 Å². The molecule has 0 spiro atoms. The molecule has 4 amide bonds. The number of imide groups is 1. The number of rotatable bonds is 8. The van der Waals surface area contributed by atoms with Gasteiger partial charge in [-0.3, -0.25) is 30.0 Å². The highest BCUT2D eigenvalue weighted by Gasteiger charge is 2.36. The van der Waals surface area contributed by atoms with Gasteiger partial charge in [-0.2, -0.15) is 0 Å². The number of anilines is 1. The lowest BCUT2D eigenvalue weighted by Gasteiger charge is -2.16. The molecule has 3 aliphatic rings. The van der Waals surface area contributed by atoms with E-state index in [1.165, 1.54) is 30.5 Å². The summed E-state index contributed by atoms with van der Waals surface area (Å²) in [6, 6.07) is 18.7. The lowest BCUT2D eigenvalue weighted by Crippen LogP contribution is -2.22. The van der Waals surface area contributed by atoms with Crippen molar-refractivity contribution in [2.75, 3.05) is 25.0 Å². The third-order valence-corrected chi connectivity index (χ3v) is 7.69. The van der Waals surface area contributed by atoms with Gasteiger partial charge in [0.1, 0.15) is 11.6 Å². The average molecular weight is 565 g/mol. The molecule has 6 rings (SSSR count). The minimum Gasteiger partial charge on any atom is -0.325 e. The molecule has 1 atom stereocenters. The monoisotopic (exact) mass is 564 g/mol. The number of carbonyl (C=O) groups excluding carboxylic acids is 3. The Morgan fingerprint density at radius 1 is 0.952 bits per heavy atom. The summed E-state index contributed by atoms with van der Waals surface area (Å²) in [6.07, 6.45) is 4.95. The first-order valence-corrected chi connectivity index (χ1v) is 13.8. The molecule has 0 aromatic heterocycles. The molecule has 0 bridgehead atoms. The van der Waals surface area contributed by atoms with Crippen molar-refractivity contribution in [1.82, 2.24) is 15.5 Å². The molecular weight excluding hydrogens is 536 g/mol. The molecule has 3 aliphatic heterocycles. The maximum absolute atomic E-state index is 13.3. The lowest BCUT2D eigenvalue weighted by molar-refractivity contribution is -0.384. The number of aliphatic imine (C=N–C) groups is 1. The maximum atomic E-state index is 13.3. The molecule has 3 aromatic carbocycles. The molecule has 3 heterocycles. The van der Waals surface area contributed by atoms with Gasteiger partial charge < -0.3 is 15.5 Å². The summed E-state index contributed by atoms with van der Waals surface area (Å²) in [5.41, 5.74) is 4.65. The van der Waals surface area contributed by atoms with Gasteiger partial charge in [-0.15, -0.1) is 0 Å². The molecule has 2 fully saturated rings. The van der Waals surface area contributed by atoms with E-state index in [1.807, 2.05) is 24.3 Å². The summed E-state index contributed by atoms with van der Waals surface area (Å²) < 4.78 is 0. The van der Waals surface area contributed by atoms with Crippen LogP contribution in [0.25, 0.3) is 6.08 Å². The summed E-state index contributed by atoms with van der Waals surface area (Å²) in [5, 5.41) is 19.0. The number of nitrogens with zero attached hydrogens (tertiary/aromatic N) is 3. The average Bonchev–Trinajstić information content (AvgIpc) is 3.70. The van der Waals surface area contributed by atoms with Crippen LogP contribution in [0.3, 0.4) is 0 Å². The van der Waals surface area contributed by atoms with Crippen LogP contribution in [0.1, 0.15) is 41.0 Å². The van der Waals surface area contributed by atoms with Crippen LogP contribution in [0.4, 0.5) is 21.9 Å². The minimum atomic E-state index is -0.852. The van der Waals surface area contributed by atoms with Crippen molar-refractivity contribution in [3.63, 3.8) is 0 Å². The van der Waals surface area contributed by atoms with E-state index >= 15 is 0 Å². The second kappa shape index (κ2) is 11.4. The summed E-state index contributed by atoms with van der Waals surface area (Å²) >= 11 is 0. The van der Waals surface area contributed by atoms with Crippen LogP contribution in [-0.4, -0.2) is 53.0 Å². The summed E-state index contributed by atoms with van der Waals surface area (Å²) in [4.78, 5) is 54.9. The molecule has 42 heavy (non-hydrogen) atoms. The number of non-ortho nitro benzene ring substituents is 1. The first kappa shape index (κ1) is 27.0. The number of nitrogens with one attached hydrogen (secondary N) is 3. The Morgan fingerprint density at radius 3 is 2.36 bits per heavy atom. The second-order valence-electron chi connectivity index (χ2n) is 10.5. The van der Waals surface area contributed by atoms with Gasteiger partial charge in [0, 0.05) is 29.9 Å². The van der Waals surface area contributed by atoms with E-state index in [-0.39, 0.29) is 17.3 Å². The van der Waals surface area contributed by atoms with E-state index in [0.717, 1.165) is 31.6 Å². The molecule has 0 radical (unpaired) electrons. The molecule has 1 unspecified atom stereocenters. The van der Waals surface area contributed by atoms with Crippen LogP contribution in [-0.2, 0) is 16.0 Å². The number of benzene rings is 3. The molecule has 3 aromatic rings. The van der Waals surface area contributed by atoms with Crippen molar-refractivity contribution >= 4 is 46.7 Å². The second-order valence-corrected chi connectivity index (χ2v) is 10.5. The fourth-order valence-electron chi connectivity index (χ4n) is 5.50. The Kier molecular flexibility index (Phi) is 7.32. The zero-order valence-corrected chi connectivity index (χ0v) is 22.6. The van der Waals surface area contributed by atoms with Crippen LogP contribution in [0, 0.1) is 10.1 Å². The molecule has 212 valence electrons. The Balaban J connectivity index is 1.34. The summed E-state index contributed by atoms with van der Waals surface area (Å²) in [6.45, 7) is 3.26. The van der Waals surface area contributed by atoms with Crippen LogP contribution < -0.4 is 16.0 Å². The Morgan fingerprint density at radius 2 is 1.69 bits per heavy atom. The largest absolute Gasteiger partial charge is 0.326 e. The molecule has 11 heteroatoms. The smallest absolute Gasteiger partial charge is 0.325 e. The standard InChI is InChI=1S/C31H28N6O5/c38-29-26(34-31(40)35-29)17-20-5-9-22(10-6-20)32-28(21-7-3-19(4-8-21)13-16-36-14-1-2-15-36)27-24-18-23(37(41)42)11-12-25(24)33-30(27)39/h3-12,17-18,27H,1-2,13-16H2,(H,33,39)(H2,34,35,38,40). The SMILES string of the molecule is O=C1NC(=O)C(=Cc2ccc(N=C(c3ccc(CCN4CCCC4)cc3)C3C(=O)Nc4ccc([N+](=O)[O-])cc43)cc2)N1. The van der Waals surface area contributed by atoms with Crippen molar-refractivity contribution in [1.29, 1.82) is 0 Å². The fourth-order valence-corrected chi connectivity index (χ4v) is 5.50. The number of nitro groups is 1. The van der Waals surface area contributed by atoms with E-state index < -0.39 is 22.8 Å². The zero-order valence-electron chi connectivity index (χ0n) is 22.6. The predicted molar refractivity (Wildman–Crippen MR) is 158 cm³/mol. The van der Waals surface area contributed by atoms with Crippen LogP contribution in [0.5, 0.6) is 0 Å². The van der Waals surface area contributed by atoms with E-state index in [0.29, 0.717) is 28.2 Å². The van der Waals surface area contributed by atoms with Gasteiger partial charge in [0.05, 0.1) is 16.3 Å². The van der Waals surface area contributed by atoms with Gasteiger partial charge in [-0.05, 0) is 73.3 Å². The van der Waals surface area contributed by atoms with Crippen molar-refractivity contribution in [2.45, 2.75) is 25.2 Å². The Labute approximate surface area is 241 Å². The van der Waals surface area contributed by atoms with Gasteiger partial charge in [-0.25, -0.2) is 4.79 Å². The zero-order chi connectivity index (χ0) is 29.2. The predicted octanol–water partition coefficient (Wildman–Crippen LogP) is 4.27. The van der Waals surface area contributed by atoms with Gasteiger partial charge in [-0.1, -0.05) is 36.4 Å². The van der Waals surface area contributed by atoms with E-state index in [1.54, 1.807) is 36.4 Å². The quantitative estimate of drug-likeness (QED) is 0.122. The fraction of sp³-hybridized carbons (Fsp3) is 0.226. The highest BCUT2D eigenvalue weighted by Crippen LogP contribution is 2.38. The Bertz CT molecular complexity index is 1640. The number of hydrogen-bond acceptors (Lipinski definition) is 7. The molecule has 2 saturated heterocycles. The first-order chi connectivity index (χ1) is 20.3. The maximum Gasteiger partial charge on any atom is 0.326 e. The number of nitro benzene ring substituents is 1. The number of hydrogen-bond donors (Lipinski definition) is 3. The van der Waals surface area contributed by atoms with Crippen molar-refractivity contribution in [3.05, 3.63) is 105 Å². The van der Waals surface area contributed by atoms with Gasteiger partial charge >= 0.3 is 6.03 Å². The van der Waals surface area contributed by atoms with E-state index in [4.69, 9.17) is 4.99 Å². The highest BCUT2D eigenvalue weighted by atomic mass is 16.6. The van der Waals surface area contributed by atoms with Crippen LogP contribution >= 0.6 is 0 Å². The topological polar surface area (TPSA) is 146 Å². The molecule has 11 nitrogen and oxygen atoms in total. The normalized spacial score (nSPS) is 19.5. The minimum absolute atomic E-state index is 0.104. The van der Waals surface area contributed by atoms with Crippen molar-refractivity contribution in [2.24, 2.45) is 4.99 Å². The first-order valence-electron chi connectivity index (χ1n) is 13.8. The third-order valence-electron chi connectivity index (χ3n) is 7.69. The van der Waals surface area contributed by atoms with Gasteiger partial charge in [0.25, 0.3) is 11.6 Å². The van der Waals surface area contributed by atoms with Crippen LogP contribution in [0.2, 0.25) is 0 Å². The van der Waals surface area contributed by atoms with E-state index in [9.17, 15) is 24.5 Å². The van der Waals surface area contributed by atoms with Crippen molar-refractivity contribution in [3.8, 4) is 0 Å². The number of fused-ring (bicyclic) bond motifs is 1. The van der Waals surface area contributed by atoms with Crippen molar-refractivity contribution < 1.29 is 19.3 Å². The number of amides is 4. The number of likely N-dealkylation sites (tertiary alicyclic amines) is 1. The molecule has 0 saturated carbocycles. The molecule has 0 aliphatic carbocycles. The molecular formula is C31H28N6O5. The lowest BCUT2D eigenvalue weighted by atomic mass is 9.90. The number of urea groups is 1. The summed E-state index contributed by atoms with van der Waals surface area (Å²) in [7, 11) is 0. The van der Waals surface area contributed by atoms with E-state index in [2.05, 4.69) is 20.9 Å².